The van der Waals surface area contributed by atoms with E-state index < -0.39 is 5.82 Å². The van der Waals surface area contributed by atoms with Crippen LogP contribution in [0, 0.1) is 5.82 Å². The zero-order valence-corrected chi connectivity index (χ0v) is 14.1. The molecule has 1 saturated heterocycles. The second-order valence-electron chi connectivity index (χ2n) is 6.01. The van der Waals surface area contributed by atoms with Crippen LogP contribution in [-0.2, 0) is 4.79 Å². The molecule has 2 heterocycles. The van der Waals surface area contributed by atoms with Crippen LogP contribution in [0.3, 0.4) is 0 Å². The van der Waals surface area contributed by atoms with Crippen LogP contribution in [0.15, 0.2) is 53.1 Å². The summed E-state index contributed by atoms with van der Waals surface area (Å²) in [6.07, 6.45) is 0.196. The molecule has 1 atom stereocenters. The summed E-state index contributed by atoms with van der Waals surface area (Å²) in [5.74, 6) is 0.514. The minimum atomic E-state index is -0.429. The Morgan fingerprint density at radius 1 is 1.19 bits per heavy atom. The average molecular weight is 353 g/mol. The predicted octanol–water partition coefficient (Wildman–Crippen LogP) is 3.40. The lowest BCUT2D eigenvalue weighted by Crippen LogP contribution is -2.25. The van der Waals surface area contributed by atoms with Gasteiger partial charge in [-0.15, -0.1) is 0 Å². The van der Waals surface area contributed by atoms with Gasteiger partial charge in [0.05, 0.1) is 24.3 Å². The van der Waals surface area contributed by atoms with Crippen molar-refractivity contribution < 1.29 is 18.4 Å². The number of methoxy groups -OCH3 is 1. The van der Waals surface area contributed by atoms with E-state index >= 15 is 0 Å². The number of aromatic nitrogens is 2. The van der Waals surface area contributed by atoms with E-state index in [1.165, 1.54) is 11.0 Å². The van der Waals surface area contributed by atoms with Crippen molar-refractivity contribution in [2.75, 3.05) is 18.6 Å². The summed E-state index contributed by atoms with van der Waals surface area (Å²) in [7, 11) is 1.57. The summed E-state index contributed by atoms with van der Waals surface area (Å²) >= 11 is 0. The van der Waals surface area contributed by atoms with Gasteiger partial charge in [-0.25, -0.2) is 4.39 Å². The number of halogens is 1. The number of rotatable bonds is 4. The van der Waals surface area contributed by atoms with E-state index in [1.807, 2.05) is 24.3 Å². The van der Waals surface area contributed by atoms with Gasteiger partial charge in [-0.05, 0) is 24.3 Å². The van der Waals surface area contributed by atoms with Gasteiger partial charge in [-0.2, -0.15) is 4.98 Å². The average Bonchev–Trinajstić information content (AvgIpc) is 3.29. The second kappa shape index (κ2) is 6.59. The van der Waals surface area contributed by atoms with Crippen LogP contribution in [0.5, 0.6) is 5.75 Å². The largest absolute Gasteiger partial charge is 0.496 e. The highest BCUT2D eigenvalue weighted by Gasteiger charge is 2.36. The van der Waals surface area contributed by atoms with Gasteiger partial charge in [0.2, 0.25) is 17.6 Å². The molecule has 0 saturated carbocycles. The van der Waals surface area contributed by atoms with E-state index in [0.717, 1.165) is 0 Å². The minimum absolute atomic E-state index is 0.169. The molecule has 132 valence electrons. The number of hydrogen-bond donors (Lipinski definition) is 0. The first-order valence-corrected chi connectivity index (χ1v) is 8.19. The van der Waals surface area contributed by atoms with Crippen molar-refractivity contribution in [2.45, 2.75) is 12.3 Å². The van der Waals surface area contributed by atoms with Crippen LogP contribution in [0.2, 0.25) is 0 Å². The maximum Gasteiger partial charge on any atom is 0.232 e. The van der Waals surface area contributed by atoms with Crippen LogP contribution < -0.4 is 9.64 Å². The molecule has 1 aliphatic heterocycles. The van der Waals surface area contributed by atoms with Crippen LogP contribution in [0.4, 0.5) is 10.1 Å². The van der Waals surface area contributed by atoms with Gasteiger partial charge in [0, 0.05) is 13.0 Å². The molecule has 1 amide bonds. The summed E-state index contributed by atoms with van der Waals surface area (Å²) in [6, 6.07) is 13.6. The molecule has 1 aromatic heterocycles. The number of para-hydroxylation sites is 2. The first kappa shape index (κ1) is 16.3. The number of anilines is 1. The summed E-state index contributed by atoms with van der Waals surface area (Å²) in [6.45, 7) is 0.299. The predicted molar refractivity (Wildman–Crippen MR) is 92.4 cm³/mol. The Labute approximate surface area is 149 Å². The van der Waals surface area contributed by atoms with Crippen molar-refractivity contribution in [1.82, 2.24) is 10.1 Å². The smallest absolute Gasteiger partial charge is 0.232 e. The van der Waals surface area contributed by atoms with Gasteiger partial charge < -0.3 is 14.2 Å². The lowest BCUT2D eigenvalue weighted by Gasteiger charge is -2.16. The molecule has 4 rings (SSSR count). The standard InChI is InChI=1S/C19H16FN3O3/c1-25-16-9-5-2-6-13(16)18-21-19(26-22-18)12-10-17(24)23(11-12)15-8-4-3-7-14(15)20/h2-9,12H,10-11H2,1H3. The zero-order valence-electron chi connectivity index (χ0n) is 14.1. The van der Waals surface area contributed by atoms with Gasteiger partial charge >= 0.3 is 0 Å². The highest BCUT2D eigenvalue weighted by atomic mass is 19.1. The molecule has 7 heteroatoms. The maximum absolute atomic E-state index is 14.0. The highest BCUT2D eigenvalue weighted by molar-refractivity contribution is 5.96. The number of hydrogen-bond acceptors (Lipinski definition) is 5. The number of carbonyl (C=O) groups excluding carboxylic acids is 1. The van der Waals surface area contributed by atoms with Gasteiger partial charge in [0.25, 0.3) is 0 Å². The fourth-order valence-electron chi connectivity index (χ4n) is 3.12. The SMILES string of the molecule is COc1ccccc1-c1noc(C2CC(=O)N(c3ccccc3F)C2)n1. The number of amides is 1. The van der Waals surface area contributed by atoms with E-state index in [0.29, 0.717) is 29.6 Å². The number of benzene rings is 2. The number of nitrogens with zero attached hydrogens (tertiary/aromatic N) is 3. The van der Waals surface area contributed by atoms with Gasteiger partial charge in [0.1, 0.15) is 11.6 Å². The molecule has 1 fully saturated rings. The van der Waals surface area contributed by atoms with E-state index in [2.05, 4.69) is 10.1 Å². The van der Waals surface area contributed by atoms with Gasteiger partial charge in [-0.1, -0.05) is 29.4 Å². The van der Waals surface area contributed by atoms with Crippen LogP contribution in [-0.4, -0.2) is 29.7 Å². The van der Waals surface area contributed by atoms with E-state index in [4.69, 9.17) is 9.26 Å². The lowest BCUT2D eigenvalue weighted by molar-refractivity contribution is -0.117. The summed E-state index contributed by atoms with van der Waals surface area (Å²) in [4.78, 5) is 18.2. The van der Waals surface area contributed by atoms with Crippen molar-refractivity contribution in [3.05, 3.63) is 60.2 Å². The fraction of sp³-hybridized carbons (Fsp3) is 0.211. The quantitative estimate of drug-likeness (QED) is 0.719. The second-order valence-corrected chi connectivity index (χ2v) is 6.01. The molecule has 1 unspecified atom stereocenters. The summed E-state index contributed by atoms with van der Waals surface area (Å²) in [5, 5.41) is 4.01. The Kier molecular flexibility index (Phi) is 4.12. The molecular weight excluding hydrogens is 337 g/mol. The molecule has 0 spiro atoms. The first-order chi connectivity index (χ1) is 12.7. The Hall–Kier alpha value is -3.22. The van der Waals surface area contributed by atoms with Crippen molar-refractivity contribution in [3.63, 3.8) is 0 Å². The summed E-state index contributed by atoms with van der Waals surface area (Å²) < 4.78 is 24.7. The van der Waals surface area contributed by atoms with E-state index in [-0.39, 0.29) is 23.9 Å². The molecule has 6 nitrogen and oxygen atoms in total. The van der Waals surface area contributed by atoms with Crippen LogP contribution in [0.1, 0.15) is 18.2 Å². The third-order valence-electron chi connectivity index (χ3n) is 4.41. The first-order valence-electron chi connectivity index (χ1n) is 8.19. The Balaban J connectivity index is 1.59. The monoisotopic (exact) mass is 353 g/mol. The molecule has 0 N–H and O–H groups in total. The van der Waals surface area contributed by atoms with E-state index in [1.54, 1.807) is 25.3 Å². The fourth-order valence-corrected chi connectivity index (χ4v) is 3.12. The molecule has 0 bridgehead atoms. The molecule has 3 aromatic rings. The molecule has 2 aromatic carbocycles. The Morgan fingerprint density at radius 2 is 1.96 bits per heavy atom. The number of carbonyl (C=O) groups is 1. The maximum atomic E-state index is 14.0. The Bertz CT molecular complexity index is 956. The Morgan fingerprint density at radius 3 is 2.77 bits per heavy atom. The van der Waals surface area contributed by atoms with E-state index in [9.17, 15) is 9.18 Å². The molecular formula is C19H16FN3O3. The third kappa shape index (κ3) is 2.81. The molecule has 0 radical (unpaired) electrons. The summed E-state index contributed by atoms with van der Waals surface area (Å²) in [5.41, 5.74) is 0.977. The number of ether oxygens (including phenoxy) is 1. The highest BCUT2D eigenvalue weighted by Crippen LogP contribution is 2.34. The van der Waals surface area contributed by atoms with Crippen molar-refractivity contribution >= 4 is 11.6 Å². The van der Waals surface area contributed by atoms with Crippen molar-refractivity contribution in [2.24, 2.45) is 0 Å². The molecule has 26 heavy (non-hydrogen) atoms. The molecule has 0 aliphatic carbocycles. The van der Waals surface area contributed by atoms with Crippen LogP contribution >= 0.6 is 0 Å². The van der Waals surface area contributed by atoms with Crippen molar-refractivity contribution in [1.29, 1.82) is 0 Å². The lowest BCUT2D eigenvalue weighted by atomic mass is 10.1. The van der Waals surface area contributed by atoms with Crippen molar-refractivity contribution in [3.8, 4) is 17.1 Å². The van der Waals surface area contributed by atoms with Crippen LogP contribution in [0.25, 0.3) is 11.4 Å². The topological polar surface area (TPSA) is 68.5 Å². The third-order valence-corrected chi connectivity index (χ3v) is 4.41. The van der Waals surface area contributed by atoms with Gasteiger partial charge in [-0.3, -0.25) is 4.79 Å². The minimum Gasteiger partial charge on any atom is -0.496 e. The van der Waals surface area contributed by atoms with Gasteiger partial charge in [0.15, 0.2) is 0 Å². The zero-order chi connectivity index (χ0) is 18.1. The molecule has 1 aliphatic rings. The normalized spacial score (nSPS) is 16.9.